The lowest BCUT2D eigenvalue weighted by Crippen LogP contribution is -2.32. The first-order valence-corrected chi connectivity index (χ1v) is 6.70. The number of aromatic nitrogens is 2. The zero-order valence-corrected chi connectivity index (χ0v) is 11.7. The lowest BCUT2D eigenvalue weighted by atomic mass is 10.1. The zero-order valence-electron chi connectivity index (χ0n) is 11.7. The summed E-state index contributed by atoms with van der Waals surface area (Å²) in [5.74, 6) is -0.149. The van der Waals surface area contributed by atoms with Crippen LogP contribution < -0.4 is 16.6 Å². The van der Waals surface area contributed by atoms with Crippen LogP contribution in [0.1, 0.15) is 24.9 Å². The number of aryl methyl sites for hydroxylation is 1. The first-order chi connectivity index (χ1) is 10.1. The first-order valence-electron chi connectivity index (χ1n) is 6.70. The topological polar surface area (TPSA) is 84.0 Å². The van der Waals surface area contributed by atoms with Gasteiger partial charge in [0.05, 0.1) is 6.04 Å². The molecule has 2 rings (SSSR count). The van der Waals surface area contributed by atoms with Crippen LogP contribution in [0.15, 0.2) is 52.2 Å². The molecule has 2 N–H and O–H groups in total. The number of amides is 1. The molecule has 110 valence electrons. The van der Waals surface area contributed by atoms with Crippen molar-refractivity contribution in [2.24, 2.45) is 0 Å². The van der Waals surface area contributed by atoms with Gasteiger partial charge in [0.1, 0.15) is 0 Å². The standard InChI is InChI=1S/C15H17N3O3/c1-11(12-5-3-2-4-6-12)16-13(19)7-9-18-10-8-14(20)17-15(18)21/h2-6,8,10-11H,7,9H2,1H3,(H,16,19)(H,17,20,21). The van der Waals surface area contributed by atoms with Crippen molar-refractivity contribution in [2.75, 3.05) is 0 Å². The maximum Gasteiger partial charge on any atom is 0.328 e. The van der Waals surface area contributed by atoms with Crippen molar-refractivity contribution in [2.45, 2.75) is 25.9 Å². The molecular weight excluding hydrogens is 270 g/mol. The molecule has 21 heavy (non-hydrogen) atoms. The van der Waals surface area contributed by atoms with E-state index >= 15 is 0 Å². The highest BCUT2D eigenvalue weighted by atomic mass is 16.2. The SMILES string of the molecule is CC(NC(=O)CCn1ccc(=O)[nH]c1=O)c1ccccc1. The minimum Gasteiger partial charge on any atom is -0.350 e. The normalized spacial score (nSPS) is 11.9. The molecule has 0 aliphatic heterocycles. The van der Waals surface area contributed by atoms with Crippen molar-refractivity contribution in [3.63, 3.8) is 0 Å². The molecule has 0 aliphatic rings. The highest BCUT2D eigenvalue weighted by Crippen LogP contribution is 2.11. The smallest absolute Gasteiger partial charge is 0.328 e. The third-order valence-corrected chi connectivity index (χ3v) is 3.15. The van der Waals surface area contributed by atoms with Crippen molar-refractivity contribution in [1.82, 2.24) is 14.9 Å². The molecule has 0 radical (unpaired) electrons. The Balaban J connectivity index is 1.90. The number of carbonyl (C=O) groups is 1. The molecule has 1 aromatic heterocycles. The highest BCUT2D eigenvalue weighted by molar-refractivity contribution is 5.76. The Morgan fingerprint density at radius 1 is 1.24 bits per heavy atom. The predicted molar refractivity (Wildman–Crippen MR) is 78.9 cm³/mol. The summed E-state index contributed by atoms with van der Waals surface area (Å²) in [4.78, 5) is 36.4. The Bertz CT molecular complexity index is 719. The number of nitrogens with one attached hydrogen (secondary N) is 2. The van der Waals surface area contributed by atoms with Crippen LogP contribution in [0.3, 0.4) is 0 Å². The second kappa shape index (κ2) is 6.69. The van der Waals surface area contributed by atoms with Crippen LogP contribution in [0, 0.1) is 0 Å². The van der Waals surface area contributed by atoms with Crippen molar-refractivity contribution in [1.29, 1.82) is 0 Å². The fourth-order valence-corrected chi connectivity index (χ4v) is 1.98. The van der Waals surface area contributed by atoms with E-state index in [1.807, 2.05) is 37.3 Å². The van der Waals surface area contributed by atoms with Gasteiger partial charge in [0.15, 0.2) is 0 Å². The molecule has 0 aliphatic carbocycles. The largest absolute Gasteiger partial charge is 0.350 e. The molecule has 0 saturated carbocycles. The molecule has 0 bridgehead atoms. The molecule has 1 atom stereocenters. The molecule has 6 nitrogen and oxygen atoms in total. The van der Waals surface area contributed by atoms with Crippen molar-refractivity contribution < 1.29 is 4.79 Å². The number of aromatic amines is 1. The summed E-state index contributed by atoms with van der Waals surface area (Å²) < 4.78 is 1.30. The number of hydrogen-bond acceptors (Lipinski definition) is 3. The van der Waals surface area contributed by atoms with E-state index in [1.54, 1.807) is 0 Å². The average Bonchev–Trinajstić information content (AvgIpc) is 2.47. The predicted octanol–water partition coefficient (Wildman–Crippen LogP) is 0.804. The Morgan fingerprint density at radius 3 is 2.62 bits per heavy atom. The van der Waals surface area contributed by atoms with Crippen molar-refractivity contribution in [3.8, 4) is 0 Å². The molecule has 6 heteroatoms. The van der Waals surface area contributed by atoms with Gasteiger partial charge in [0.25, 0.3) is 5.56 Å². The fraction of sp³-hybridized carbons (Fsp3) is 0.267. The van der Waals surface area contributed by atoms with E-state index in [4.69, 9.17) is 0 Å². The van der Waals surface area contributed by atoms with Gasteiger partial charge in [-0.25, -0.2) is 4.79 Å². The summed E-state index contributed by atoms with van der Waals surface area (Å²) in [5, 5.41) is 2.87. The molecule has 0 saturated heterocycles. The molecule has 1 amide bonds. The number of hydrogen-bond donors (Lipinski definition) is 2. The van der Waals surface area contributed by atoms with Gasteiger partial charge in [-0.05, 0) is 12.5 Å². The van der Waals surface area contributed by atoms with Gasteiger partial charge in [0, 0.05) is 25.2 Å². The van der Waals surface area contributed by atoms with E-state index < -0.39 is 11.2 Å². The Hall–Kier alpha value is -2.63. The number of benzene rings is 1. The quantitative estimate of drug-likeness (QED) is 0.853. The van der Waals surface area contributed by atoms with Crippen LogP contribution in [0.4, 0.5) is 0 Å². The Kier molecular flexibility index (Phi) is 4.71. The Morgan fingerprint density at radius 2 is 1.95 bits per heavy atom. The van der Waals surface area contributed by atoms with Gasteiger partial charge in [-0.15, -0.1) is 0 Å². The van der Waals surface area contributed by atoms with Gasteiger partial charge >= 0.3 is 5.69 Å². The van der Waals surface area contributed by atoms with E-state index in [0.717, 1.165) is 5.56 Å². The lowest BCUT2D eigenvalue weighted by Gasteiger charge is -2.14. The summed E-state index contributed by atoms with van der Waals surface area (Å²) in [5.41, 5.74) is 0.0665. The summed E-state index contributed by atoms with van der Waals surface area (Å²) >= 11 is 0. The van der Waals surface area contributed by atoms with Crippen LogP contribution >= 0.6 is 0 Å². The fourth-order valence-electron chi connectivity index (χ4n) is 1.98. The summed E-state index contributed by atoms with van der Waals surface area (Å²) in [6.45, 7) is 2.13. The number of H-pyrrole nitrogens is 1. The summed E-state index contributed by atoms with van der Waals surface area (Å²) in [6, 6.07) is 10.8. The third kappa shape index (κ3) is 4.17. The summed E-state index contributed by atoms with van der Waals surface area (Å²) in [6.07, 6.45) is 1.55. The van der Waals surface area contributed by atoms with Gasteiger partial charge in [-0.3, -0.25) is 14.6 Å². The van der Waals surface area contributed by atoms with Crippen molar-refractivity contribution >= 4 is 5.91 Å². The molecule has 1 unspecified atom stereocenters. The molecule has 0 fully saturated rings. The number of nitrogens with zero attached hydrogens (tertiary/aromatic N) is 1. The van der Waals surface area contributed by atoms with Crippen LogP contribution in [0.25, 0.3) is 0 Å². The maximum atomic E-state index is 11.9. The van der Waals surface area contributed by atoms with Crippen LogP contribution in [0.5, 0.6) is 0 Å². The second-order valence-corrected chi connectivity index (χ2v) is 4.75. The first kappa shape index (κ1) is 14.8. The lowest BCUT2D eigenvalue weighted by molar-refractivity contribution is -0.121. The monoisotopic (exact) mass is 287 g/mol. The van der Waals surface area contributed by atoms with Crippen LogP contribution in [0.2, 0.25) is 0 Å². The van der Waals surface area contributed by atoms with E-state index in [0.29, 0.717) is 0 Å². The van der Waals surface area contributed by atoms with Crippen LogP contribution in [-0.2, 0) is 11.3 Å². The number of carbonyl (C=O) groups excluding carboxylic acids is 1. The summed E-state index contributed by atoms with van der Waals surface area (Å²) in [7, 11) is 0. The van der Waals surface area contributed by atoms with Gasteiger partial charge < -0.3 is 9.88 Å². The van der Waals surface area contributed by atoms with Crippen LogP contribution in [-0.4, -0.2) is 15.5 Å². The molecule has 1 aromatic carbocycles. The zero-order chi connectivity index (χ0) is 15.2. The van der Waals surface area contributed by atoms with E-state index in [1.165, 1.54) is 16.8 Å². The van der Waals surface area contributed by atoms with Crippen molar-refractivity contribution in [3.05, 3.63) is 69.0 Å². The second-order valence-electron chi connectivity index (χ2n) is 4.75. The van der Waals surface area contributed by atoms with Gasteiger partial charge in [-0.2, -0.15) is 0 Å². The molecule has 1 heterocycles. The maximum absolute atomic E-state index is 11.9. The minimum absolute atomic E-state index is 0.0917. The third-order valence-electron chi connectivity index (χ3n) is 3.15. The molecule has 2 aromatic rings. The van der Waals surface area contributed by atoms with E-state index in [2.05, 4.69) is 10.3 Å². The molecular formula is C15H17N3O3. The molecule has 0 spiro atoms. The number of rotatable bonds is 5. The van der Waals surface area contributed by atoms with E-state index in [-0.39, 0.29) is 24.9 Å². The van der Waals surface area contributed by atoms with E-state index in [9.17, 15) is 14.4 Å². The van der Waals surface area contributed by atoms with Gasteiger partial charge in [-0.1, -0.05) is 30.3 Å². The minimum atomic E-state index is -0.508. The highest BCUT2D eigenvalue weighted by Gasteiger charge is 2.09. The van der Waals surface area contributed by atoms with Gasteiger partial charge in [0.2, 0.25) is 5.91 Å². The average molecular weight is 287 g/mol. The Labute approximate surface area is 121 Å².